The zero-order valence-electron chi connectivity index (χ0n) is 5.76. The topological polar surface area (TPSA) is 44.0 Å². The summed E-state index contributed by atoms with van der Waals surface area (Å²) < 4.78 is 0. The third-order valence-electron chi connectivity index (χ3n) is 0.898. The maximum Gasteiger partial charge on any atom is 0.143 e. The molecule has 0 aliphatic carbocycles. The lowest BCUT2D eigenvalue weighted by atomic mass is 10.2. The summed E-state index contributed by atoms with van der Waals surface area (Å²) >= 11 is 0. The molecule has 50 valence electrons. The highest BCUT2D eigenvalue weighted by Gasteiger charge is 1.95. The Morgan fingerprint density at radius 2 is 2.33 bits per heavy atom. The van der Waals surface area contributed by atoms with Gasteiger partial charge in [0, 0.05) is 6.42 Å². The van der Waals surface area contributed by atoms with E-state index < -0.39 is 6.10 Å². The molecule has 0 saturated carbocycles. The van der Waals surface area contributed by atoms with Crippen molar-refractivity contribution in [3.63, 3.8) is 0 Å². The molecule has 0 radical (unpaired) electrons. The van der Waals surface area contributed by atoms with Crippen molar-refractivity contribution in [2.45, 2.75) is 26.4 Å². The van der Waals surface area contributed by atoms with E-state index in [4.69, 9.17) is 10.4 Å². The minimum atomic E-state index is -0.833. The van der Waals surface area contributed by atoms with Gasteiger partial charge in [-0.1, -0.05) is 11.6 Å². The summed E-state index contributed by atoms with van der Waals surface area (Å²) in [4.78, 5) is 0. The minimum absolute atomic E-state index is 0.443. The van der Waals surface area contributed by atoms with E-state index in [1.54, 1.807) is 6.07 Å². The minimum Gasteiger partial charge on any atom is -0.378 e. The van der Waals surface area contributed by atoms with Crippen molar-refractivity contribution < 1.29 is 5.11 Å². The van der Waals surface area contributed by atoms with Crippen LogP contribution in [0.3, 0.4) is 0 Å². The molecule has 0 fully saturated rings. The van der Waals surface area contributed by atoms with Crippen LogP contribution in [0.5, 0.6) is 0 Å². The van der Waals surface area contributed by atoms with Crippen LogP contribution in [0.1, 0.15) is 20.3 Å². The zero-order chi connectivity index (χ0) is 7.28. The van der Waals surface area contributed by atoms with Crippen LogP contribution in [0.15, 0.2) is 11.6 Å². The molecule has 1 N–H and O–H groups in total. The molecule has 0 bridgehead atoms. The normalized spacial score (nSPS) is 11.8. The molecule has 0 aliphatic rings. The maximum absolute atomic E-state index is 8.70. The predicted octanol–water partition coefficient (Wildman–Crippen LogP) is 1.23. The molecule has 0 heterocycles. The van der Waals surface area contributed by atoms with E-state index in [0.717, 1.165) is 5.57 Å². The molecular formula is C7H11NO. The third kappa shape index (κ3) is 5.05. The van der Waals surface area contributed by atoms with Gasteiger partial charge in [-0.05, 0) is 13.8 Å². The molecule has 0 aliphatic heterocycles. The number of allylic oxidation sites excluding steroid dienone is 1. The van der Waals surface area contributed by atoms with Gasteiger partial charge in [-0.15, -0.1) is 0 Å². The van der Waals surface area contributed by atoms with Crippen LogP contribution < -0.4 is 0 Å². The van der Waals surface area contributed by atoms with E-state index in [1.807, 2.05) is 19.9 Å². The number of nitriles is 1. The second kappa shape index (κ2) is 4.11. The molecule has 0 aromatic rings. The Kier molecular flexibility index (Phi) is 3.74. The van der Waals surface area contributed by atoms with E-state index in [-0.39, 0.29) is 0 Å². The molecule has 0 aromatic carbocycles. The fourth-order valence-electron chi connectivity index (χ4n) is 0.400. The van der Waals surface area contributed by atoms with Gasteiger partial charge in [0.15, 0.2) is 0 Å². The monoisotopic (exact) mass is 125 g/mol. The fourth-order valence-corrected chi connectivity index (χ4v) is 0.400. The Balaban J connectivity index is 3.53. The highest BCUT2D eigenvalue weighted by molar-refractivity contribution is 4.98. The second-order valence-corrected chi connectivity index (χ2v) is 2.16. The van der Waals surface area contributed by atoms with Gasteiger partial charge < -0.3 is 5.11 Å². The summed E-state index contributed by atoms with van der Waals surface area (Å²) in [7, 11) is 0. The van der Waals surface area contributed by atoms with Crippen LogP contribution in [0.4, 0.5) is 0 Å². The van der Waals surface area contributed by atoms with Crippen molar-refractivity contribution in [3.05, 3.63) is 11.6 Å². The molecule has 0 amide bonds. The number of aliphatic hydroxyl groups is 1. The first kappa shape index (κ1) is 8.19. The van der Waals surface area contributed by atoms with Gasteiger partial charge in [-0.25, -0.2) is 0 Å². The van der Waals surface area contributed by atoms with Crippen molar-refractivity contribution in [3.8, 4) is 6.07 Å². The average Bonchev–Trinajstić information content (AvgIpc) is 1.83. The highest BCUT2D eigenvalue weighted by atomic mass is 16.3. The van der Waals surface area contributed by atoms with E-state index in [1.165, 1.54) is 0 Å². The number of hydrogen-bond acceptors (Lipinski definition) is 2. The average molecular weight is 125 g/mol. The van der Waals surface area contributed by atoms with E-state index in [0.29, 0.717) is 6.42 Å². The molecule has 0 saturated heterocycles. The highest BCUT2D eigenvalue weighted by Crippen LogP contribution is 1.96. The Bertz CT molecular complexity index is 139. The van der Waals surface area contributed by atoms with Crippen molar-refractivity contribution in [1.82, 2.24) is 0 Å². The summed E-state index contributed by atoms with van der Waals surface area (Å²) in [6.07, 6.45) is 1.45. The molecular weight excluding hydrogens is 114 g/mol. The first-order valence-corrected chi connectivity index (χ1v) is 2.88. The van der Waals surface area contributed by atoms with Crippen LogP contribution in [0.2, 0.25) is 0 Å². The summed E-state index contributed by atoms with van der Waals surface area (Å²) in [6, 6.07) is 1.73. The van der Waals surface area contributed by atoms with Gasteiger partial charge in [0.05, 0.1) is 6.07 Å². The Hall–Kier alpha value is -0.810. The largest absolute Gasteiger partial charge is 0.378 e. The summed E-state index contributed by atoms with van der Waals surface area (Å²) in [5, 5.41) is 16.8. The Labute approximate surface area is 55.4 Å². The zero-order valence-corrected chi connectivity index (χ0v) is 5.76. The fraction of sp³-hybridized carbons (Fsp3) is 0.571. The van der Waals surface area contributed by atoms with Gasteiger partial charge >= 0.3 is 0 Å². The third-order valence-corrected chi connectivity index (χ3v) is 0.898. The summed E-state index contributed by atoms with van der Waals surface area (Å²) in [5.41, 5.74) is 1.13. The molecule has 0 aromatic heterocycles. The molecule has 0 rings (SSSR count). The lowest BCUT2D eigenvalue weighted by molar-refractivity contribution is 0.234. The Morgan fingerprint density at radius 1 is 1.78 bits per heavy atom. The first-order chi connectivity index (χ1) is 4.16. The van der Waals surface area contributed by atoms with Gasteiger partial charge in [0.2, 0.25) is 0 Å². The number of hydrogen-bond donors (Lipinski definition) is 1. The number of rotatable bonds is 2. The van der Waals surface area contributed by atoms with Crippen molar-refractivity contribution in [2.24, 2.45) is 0 Å². The van der Waals surface area contributed by atoms with E-state index >= 15 is 0 Å². The van der Waals surface area contributed by atoms with E-state index in [9.17, 15) is 0 Å². The Morgan fingerprint density at radius 3 is 2.67 bits per heavy atom. The summed E-state index contributed by atoms with van der Waals surface area (Å²) in [6.45, 7) is 3.87. The van der Waals surface area contributed by atoms with Crippen molar-refractivity contribution in [1.29, 1.82) is 5.26 Å². The van der Waals surface area contributed by atoms with Crippen LogP contribution in [-0.2, 0) is 0 Å². The van der Waals surface area contributed by atoms with Crippen LogP contribution in [0.25, 0.3) is 0 Å². The second-order valence-electron chi connectivity index (χ2n) is 2.16. The number of nitrogens with zero attached hydrogens (tertiary/aromatic N) is 1. The summed E-state index contributed by atoms with van der Waals surface area (Å²) in [5.74, 6) is 0. The lowest BCUT2D eigenvalue weighted by Gasteiger charge is -1.93. The molecule has 2 nitrogen and oxygen atoms in total. The lowest BCUT2D eigenvalue weighted by Crippen LogP contribution is -1.99. The first-order valence-electron chi connectivity index (χ1n) is 2.88. The number of aliphatic hydroxyl groups excluding tert-OH is 1. The SMILES string of the molecule is CC(C)=CC[C@H](O)C#N. The maximum atomic E-state index is 8.70. The van der Waals surface area contributed by atoms with Crippen LogP contribution in [-0.4, -0.2) is 11.2 Å². The van der Waals surface area contributed by atoms with Crippen molar-refractivity contribution >= 4 is 0 Å². The van der Waals surface area contributed by atoms with Crippen LogP contribution >= 0.6 is 0 Å². The quantitative estimate of drug-likeness (QED) is 0.445. The van der Waals surface area contributed by atoms with Gasteiger partial charge in [-0.3, -0.25) is 0 Å². The smallest absolute Gasteiger partial charge is 0.143 e. The molecule has 0 unspecified atom stereocenters. The van der Waals surface area contributed by atoms with Crippen molar-refractivity contribution in [2.75, 3.05) is 0 Å². The molecule has 9 heavy (non-hydrogen) atoms. The predicted molar refractivity (Wildman–Crippen MR) is 35.7 cm³/mol. The van der Waals surface area contributed by atoms with Gasteiger partial charge in [0.1, 0.15) is 6.10 Å². The van der Waals surface area contributed by atoms with Crippen LogP contribution in [0, 0.1) is 11.3 Å². The molecule has 1 atom stereocenters. The van der Waals surface area contributed by atoms with Gasteiger partial charge in [0.25, 0.3) is 0 Å². The van der Waals surface area contributed by atoms with Gasteiger partial charge in [-0.2, -0.15) is 5.26 Å². The molecule has 2 heteroatoms. The van der Waals surface area contributed by atoms with E-state index in [2.05, 4.69) is 0 Å². The standard InChI is InChI=1S/C7H11NO/c1-6(2)3-4-7(9)5-8/h3,7,9H,4H2,1-2H3/t7-/m0/s1. The molecule has 0 spiro atoms.